The summed E-state index contributed by atoms with van der Waals surface area (Å²) < 4.78 is 0. The fraction of sp³-hybridized carbons (Fsp3) is 0.273. The molecule has 25 heavy (non-hydrogen) atoms. The minimum Gasteiger partial charge on any atom is -0.244 e. The smallest absolute Gasteiger partial charge is 0.116 e. The van der Waals surface area contributed by atoms with Crippen LogP contribution in [0.2, 0.25) is 0 Å². The molecule has 3 heteroatoms. The summed E-state index contributed by atoms with van der Waals surface area (Å²) in [5.74, 6) is 1.28. The molecule has 1 aliphatic carbocycles. The Morgan fingerprint density at radius 2 is 1.76 bits per heavy atom. The van der Waals surface area contributed by atoms with Crippen LogP contribution in [0.25, 0.3) is 0 Å². The maximum atomic E-state index is 4.63. The molecule has 2 aromatic carbocycles. The number of fused-ring (bicyclic) bond motifs is 1. The first-order valence-corrected chi connectivity index (χ1v) is 9.68. The van der Waals surface area contributed by atoms with Crippen molar-refractivity contribution in [1.82, 2.24) is 9.97 Å². The van der Waals surface area contributed by atoms with E-state index in [0.717, 1.165) is 17.2 Å². The molecule has 1 aromatic heterocycles. The third-order valence-electron chi connectivity index (χ3n) is 5.03. The van der Waals surface area contributed by atoms with Gasteiger partial charge in [-0.25, -0.2) is 9.97 Å². The van der Waals surface area contributed by atoms with Crippen LogP contribution < -0.4 is 0 Å². The Labute approximate surface area is 153 Å². The van der Waals surface area contributed by atoms with Crippen LogP contribution in [0.4, 0.5) is 0 Å². The molecule has 0 saturated carbocycles. The fourth-order valence-electron chi connectivity index (χ4n) is 3.95. The van der Waals surface area contributed by atoms with Gasteiger partial charge in [0.15, 0.2) is 0 Å². The van der Waals surface area contributed by atoms with Gasteiger partial charge in [-0.15, -0.1) is 11.8 Å². The quantitative estimate of drug-likeness (QED) is 0.462. The molecule has 0 radical (unpaired) electrons. The molecule has 1 aliphatic rings. The van der Waals surface area contributed by atoms with E-state index < -0.39 is 0 Å². The molecule has 0 spiro atoms. The largest absolute Gasteiger partial charge is 0.244 e. The zero-order valence-electron chi connectivity index (χ0n) is 14.6. The molecule has 1 atom stereocenters. The van der Waals surface area contributed by atoms with Gasteiger partial charge in [-0.3, -0.25) is 0 Å². The van der Waals surface area contributed by atoms with Crippen LogP contribution in [0.15, 0.2) is 72.1 Å². The van der Waals surface area contributed by atoms with Crippen molar-refractivity contribution in [3.05, 3.63) is 89.4 Å². The number of nitrogens with zero attached hydrogens (tertiary/aromatic N) is 2. The van der Waals surface area contributed by atoms with Gasteiger partial charge in [-0.2, -0.15) is 0 Å². The minimum atomic E-state index is 0.177. The van der Waals surface area contributed by atoms with Crippen molar-refractivity contribution < 1.29 is 0 Å². The zero-order valence-corrected chi connectivity index (χ0v) is 15.5. The highest BCUT2D eigenvalue weighted by atomic mass is 32.2. The number of hydrogen-bond donors (Lipinski definition) is 0. The van der Waals surface area contributed by atoms with Crippen molar-refractivity contribution in [2.75, 3.05) is 0 Å². The summed E-state index contributed by atoms with van der Waals surface area (Å²) in [6, 6.07) is 19.4. The summed E-state index contributed by atoms with van der Waals surface area (Å²) in [6.07, 6.45) is 4.80. The van der Waals surface area contributed by atoms with Crippen molar-refractivity contribution in [2.45, 2.75) is 37.0 Å². The number of hydrogen-bond acceptors (Lipinski definition) is 3. The van der Waals surface area contributed by atoms with Crippen molar-refractivity contribution >= 4 is 11.8 Å². The van der Waals surface area contributed by atoms with Gasteiger partial charge in [0.1, 0.15) is 11.4 Å². The monoisotopic (exact) mass is 346 g/mol. The molecule has 0 fully saturated rings. The molecule has 0 amide bonds. The molecule has 1 unspecified atom stereocenters. The highest BCUT2D eigenvalue weighted by Crippen LogP contribution is 2.51. The molecule has 1 heterocycles. The van der Waals surface area contributed by atoms with E-state index in [1.165, 1.54) is 22.3 Å². The Bertz CT molecular complexity index is 874. The van der Waals surface area contributed by atoms with Gasteiger partial charge in [0.25, 0.3) is 0 Å². The zero-order chi connectivity index (χ0) is 17.3. The molecule has 3 aromatic rings. The molecule has 0 N–H and O–H groups in total. The molecule has 0 bridgehead atoms. The summed E-state index contributed by atoms with van der Waals surface area (Å²) in [6.45, 7) is 4.71. The topological polar surface area (TPSA) is 25.8 Å². The van der Waals surface area contributed by atoms with Gasteiger partial charge < -0.3 is 0 Å². The Hall–Kier alpha value is -2.13. The number of rotatable bonds is 4. The van der Waals surface area contributed by atoms with Crippen molar-refractivity contribution in [3.63, 3.8) is 0 Å². The number of aromatic nitrogens is 2. The average Bonchev–Trinajstić information content (AvgIpc) is 2.90. The Morgan fingerprint density at radius 1 is 1.00 bits per heavy atom. The van der Waals surface area contributed by atoms with Crippen LogP contribution in [-0.4, -0.2) is 9.97 Å². The van der Waals surface area contributed by atoms with E-state index in [4.69, 9.17) is 0 Å². The van der Waals surface area contributed by atoms with Gasteiger partial charge in [0.2, 0.25) is 0 Å². The average molecular weight is 346 g/mol. The standard InChI is InChI=1S/C22H22N2S/c1-22(2)12-17-10-6-7-11-18(17)20(22)19-13-23-15-24-21(19)25-14-16-8-4-3-5-9-16/h3-11,13,15,20H,12,14H2,1-2H3. The number of thioether (sulfide) groups is 1. The number of benzene rings is 2. The molecular formula is C22H22N2S. The summed E-state index contributed by atoms with van der Waals surface area (Å²) in [5, 5.41) is 1.11. The molecule has 2 nitrogen and oxygen atoms in total. The lowest BCUT2D eigenvalue weighted by Gasteiger charge is -2.28. The second-order valence-electron chi connectivity index (χ2n) is 7.35. The van der Waals surface area contributed by atoms with E-state index in [1.807, 2.05) is 18.0 Å². The van der Waals surface area contributed by atoms with E-state index in [1.54, 1.807) is 6.33 Å². The SMILES string of the molecule is CC1(C)Cc2ccccc2C1c1cncnc1SCc1ccccc1. The minimum absolute atomic E-state index is 0.177. The summed E-state index contributed by atoms with van der Waals surface area (Å²) >= 11 is 1.81. The molecule has 0 aliphatic heterocycles. The maximum Gasteiger partial charge on any atom is 0.116 e. The van der Waals surface area contributed by atoms with E-state index in [2.05, 4.69) is 78.4 Å². The lowest BCUT2D eigenvalue weighted by molar-refractivity contribution is 0.342. The third kappa shape index (κ3) is 3.21. The first-order chi connectivity index (χ1) is 12.1. The van der Waals surface area contributed by atoms with E-state index in [0.29, 0.717) is 5.92 Å². The Balaban J connectivity index is 1.69. The van der Waals surface area contributed by atoms with Gasteiger partial charge >= 0.3 is 0 Å². The molecule has 0 saturated heterocycles. The lowest BCUT2D eigenvalue weighted by Crippen LogP contribution is -2.20. The van der Waals surface area contributed by atoms with Crippen LogP contribution >= 0.6 is 11.8 Å². The van der Waals surface area contributed by atoms with Crippen LogP contribution in [0.1, 0.15) is 42.0 Å². The van der Waals surface area contributed by atoms with Crippen LogP contribution in [0.3, 0.4) is 0 Å². The third-order valence-corrected chi connectivity index (χ3v) is 6.12. The highest BCUT2D eigenvalue weighted by molar-refractivity contribution is 7.98. The first-order valence-electron chi connectivity index (χ1n) is 8.69. The van der Waals surface area contributed by atoms with E-state index in [9.17, 15) is 0 Å². The fourth-order valence-corrected chi connectivity index (χ4v) is 4.91. The summed E-state index contributed by atoms with van der Waals surface area (Å²) in [7, 11) is 0. The van der Waals surface area contributed by atoms with Gasteiger partial charge in [0.05, 0.1) is 0 Å². The summed E-state index contributed by atoms with van der Waals surface area (Å²) in [5.41, 5.74) is 5.65. The Kier molecular flexibility index (Phi) is 4.34. The van der Waals surface area contributed by atoms with E-state index in [-0.39, 0.29) is 5.41 Å². The molecular weight excluding hydrogens is 324 g/mol. The van der Waals surface area contributed by atoms with E-state index >= 15 is 0 Å². The van der Waals surface area contributed by atoms with Gasteiger partial charge in [0, 0.05) is 23.4 Å². The van der Waals surface area contributed by atoms with Crippen molar-refractivity contribution in [2.24, 2.45) is 5.41 Å². The molecule has 126 valence electrons. The predicted molar refractivity (Wildman–Crippen MR) is 104 cm³/mol. The highest BCUT2D eigenvalue weighted by Gasteiger charge is 2.41. The van der Waals surface area contributed by atoms with Crippen LogP contribution in [0.5, 0.6) is 0 Å². The second kappa shape index (κ2) is 6.64. The predicted octanol–water partition coefficient (Wildman–Crippen LogP) is 5.48. The normalized spacial score (nSPS) is 18.1. The van der Waals surface area contributed by atoms with Crippen molar-refractivity contribution in [1.29, 1.82) is 0 Å². The van der Waals surface area contributed by atoms with Crippen molar-refractivity contribution in [3.8, 4) is 0 Å². The Morgan fingerprint density at radius 3 is 2.60 bits per heavy atom. The first kappa shape index (κ1) is 16.3. The maximum absolute atomic E-state index is 4.63. The molecule has 4 rings (SSSR count). The second-order valence-corrected chi connectivity index (χ2v) is 8.32. The van der Waals surface area contributed by atoms with Crippen LogP contribution in [-0.2, 0) is 12.2 Å². The summed E-state index contributed by atoms with van der Waals surface area (Å²) in [4.78, 5) is 8.99. The van der Waals surface area contributed by atoms with Gasteiger partial charge in [-0.05, 0) is 28.5 Å². The van der Waals surface area contributed by atoms with Crippen LogP contribution in [0, 0.1) is 5.41 Å². The lowest BCUT2D eigenvalue weighted by atomic mass is 9.76. The van der Waals surface area contributed by atoms with Gasteiger partial charge in [-0.1, -0.05) is 68.4 Å².